The van der Waals surface area contributed by atoms with E-state index >= 15 is 0 Å². The van der Waals surface area contributed by atoms with Crippen molar-refractivity contribution in [2.45, 2.75) is 65.0 Å². The highest BCUT2D eigenvalue weighted by atomic mass is 16.7. The zero-order chi connectivity index (χ0) is 19.5. The van der Waals surface area contributed by atoms with Crippen LogP contribution in [0.1, 0.15) is 59.3 Å². The van der Waals surface area contributed by atoms with Crippen molar-refractivity contribution in [2.75, 3.05) is 13.7 Å². The fraction of sp³-hybridized carbons (Fsp3) is 0.650. The Morgan fingerprint density at radius 2 is 1.69 bits per heavy atom. The molecule has 2 rings (SSSR count). The molecule has 26 heavy (non-hydrogen) atoms. The predicted octanol–water partition coefficient (Wildman–Crippen LogP) is 4.00. The molecule has 0 aromatic heterocycles. The summed E-state index contributed by atoms with van der Waals surface area (Å²) < 4.78 is 23.4. The average molecular weight is 362 g/mol. The molecular formula is C20H31BO5. The molecule has 0 bridgehead atoms. The molecule has 0 saturated carbocycles. The first-order valence-electron chi connectivity index (χ1n) is 9.21. The molecule has 0 unspecified atom stereocenters. The summed E-state index contributed by atoms with van der Waals surface area (Å²) in [5, 5.41) is 0. The third-order valence-corrected chi connectivity index (χ3v) is 5.10. The van der Waals surface area contributed by atoms with E-state index in [-0.39, 0.29) is 18.2 Å². The number of benzene rings is 1. The predicted molar refractivity (Wildman–Crippen MR) is 102 cm³/mol. The van der Waals surface area contributed by atoms with E-state index < -0.39 is 18.3 Å². The SMILES string of the molecule is COc1ccccc1[C@H](CC(=O)OCC(C)C)B1OC(C)(C)C(C)(C)O1. The van der Waals surface area contributed by atoms with Gasteiger partial charge in [-0.05, 0) is 45.2 Å². The number of carbonyl (C=O) groups is 1. The van der Waals surface area contributed by atoms with Gasteiger partial charge >= 0.3 is 13.1 Å². The van der Waals surface area contributed by atoms with Crippen LogP contribution in [0, 0.1) is 5.92 Å². The van der Waals surface area contributed by atoms with E-state index in [1.807, 2.05) is 65.8 Å². The van der Waals surface area contributed by atoms with Gasteiger partial charge < -0.3 is 18.8 Å². The third-order valence-electron chi connectivity index (χ3n) is 5.10. The van der Waals surface area contributed by atoms with Gasteiger partial charge in [-0.2, -0.15) is 0 Å². The van der Waals surface area contributed by atoms with Crippen LogP contribution in [-0.4, -0.2) is 38.0 Å². The Bertz CT molecular complexity index is 610. The molecule has 1 aromatic carbocycles. The fourth-order valence-electron chi connectivity index (χ4n) is 2.88. The number of carbonyl (C=O) groups excluding carboxylic acids is 1. The lowest BCUT2D eigenvalue weighted by atomic mass is 9.66. The molecule has 0 N–H and O–H groups in total. The number of hydrogen-bond acceptors (Lipinski definition) is 5. The molecule has 1 fully saturated rings. The highest BCUT2D eigenvalue weighted by molar-refractivity contribution is 6.48. The van der Waals surface area contributed by atoms with Crippen LogP contribution in [0.15, 0.2) is 24.3 Å². The van der Waals surface area contributed by atoms with Crippen LogP contribution in [0.3, 0.4) is 0 Å². The maximum atomic E-state index is 12.4. The molecular weight excluding hydrogens is 331 g/mol. The van der Waals surface area contributed by atoms with Crippen LogP contribution in [0.5, 0.6) is 5.75 Å². The van der Waals surface area contributed by atoms with Gasteiger partial charge in [0.2, 0.25) is 0 Å². The van der Waals surface area contributed by atoms with Crippen LogP contribution in [0.4, 0.5) is 0 Å². The molecule has 5 nitrogen and oxygen atoms in total. The molecule has 0 amide bonds. The Hall–Kier alpha value is -1.53. The smallest absolute Gasteiger partial charge is 0.466 e. The average Bonchev–Trinajstić information content (AvgIpc) is 2.78. The summed E-state index contributed by atoms with van der Waals surface area (Å²) in [4.78, 5) is 12.4. The first kappa shape index (κ1) is 20.8. The zero-order valence-electron chi connectivity index (χ0n) is 17.0. The summed E-state index contributed by atoms with van der Waals surface area (Å²) in [6.45, 7) is 12.4. The van der Waals surface area contributed by atoms with Gasteiger partial charge in [0.1, 0.15) is 5.75 Å². The van der Waals surface area contributed by atoms with E-state index in [1.165, 1.54) is 0 Å². The number of ether oxygens (including phenoxy) is 2. The largest absolute Gasteiger partial charge is 0.496 e. The summed E-state index contributed by atoms with van der Waals surface area (Å²) in [5.41, 5.74) is -0.0606. The monoisotopic (exact) mass is 362 g/mol. The first-order chi connectivity index (χ1) is 12.1. The van der Waals surface area contributed by atoms with Crippen molar-refractivity contribution >= 4 is 13.1 Å². The van der Waals surface area contributed by atoms with E-state index in [0.717, 1.165) is 5.56 Å². The van der Waals surface area contributed by atoms with Gasteiger partial charge in [-0.3, -0.25) is 4.79 Å². The summed E-state index contributed by atoms with van der Waals surface area (Å²) in [6.07, 6.45) is 0.171. The molecule has 0 spiro atoms. The van der Waals surface area contributed by atoms with Gasteiger partial charge in [-0.25, -0.2) is 0 Å². The van der Waals surface area contributed by atoms with Crippen molar-refractivity contribution in [2.24, 2.45) is 5.92 Å². The van der Waals surface area contributed by atoms with E-state index in [4.69, 9.17) is 18.8 Å². The van der Waals surface area contributed by atoms with E-state index in [2.05, 4.69) is 0 Å². The lowest BCUT2D eigenvalue weighted by Gasteiger charge is -2.32. The number of rotatable bonds is 7. The molecule has 0 radical (unpaired) electrons. The number of methoxy groups -OCH3 is 1. The maximum Gasteiger partial charge on any atom is 0.466 e. The summed E-state index contributed by atoms with van der Waals surface area (Å²) >= 11 is 0. The van der Waals surface area contributed by atoms with E-state index in [9.17, 15) is 4.79 Å². The molecule has 144 valence electrons. The Morgan fingerprint density at radius 3 is 2.23 bits per heavy atom. The van der Waals surface area contributed by atoms with Gasteiger partial charge in [0.25, 0.3) is 0 Å². The molecule has 1 saturated heterocycles. The van der Waals surface area contributed by atoms with Crippen molar-refractivity contribution in [3.8, 4) is 5.75 Å². The normalized spacial score (nSPS) is 19.5. The topological polar surface area (TPSA) is 54.0 Å². The van der Waals surface area contributed by atoms with Crippen molar-refractivity contribution in [1.29, 1.82) is 0 Å². The molecule has 6 heteroatoms. The van der Waals surface area contributed by atoms with Crippen molar-refractivity contribution < 1.29 is 23.6 Å². The Kier molecular flexibility index (Phi) is 6.40. The van der Waals surface area contributed by atoms with Crippen LogP contribution in [0.25, 0.3) is 0 Å². The summed E-state index contributed by atoms with van der Waals surface area (Å²) in [6, 6.07) is 7.66. The van der Waals surface area contributed by atoms with Crippen LogP contribution in [-0.2, 0) is 18.8 Å². The Labute approximate surface area is 157 Å². The van der Waals surface area contributed by atoms with Gasteiger partial charge in [0.15, 0.2) is 0 Å². The molecule has 1 aromatic rings. The fourth-order valence-corrected chi connectivity index (χ4v) is 2.88. The highest BCUT2D eigenvalue weighted by Gasteiger charge is 2.54. The maximum absolute atomic E-state index is 12.4. The summed E-state index contributed by atoms with van der Waals surface area (Å²) in [7, 11) is 1.07. The van der Waals surface area contributed by atoms with Crippen LogP contribution in [0.2, 0.25) is 0 Å². The minimum atomic E-state index is -0.553. The van der Waals surface area contributed by atoms with Crippen LogP contribution < -0.4 is 4.74 Å². The molecule has 1 heterocycles. The number of esters is 1. The second kappa shape index (κ2) is 8.01. The van der Waals surface area contributed by atoms with E-state index in [0.29, 0.717) is 18.3 Å². The third kappa shape index (κ3) is 4.60. The number of hydrogen-bond donors (Lipinski definition) is 0. The highest BCUT2D eigenvalue weighted by Crippen LogP contribution is 2.43. The molecule has 1 aliphatic rings. The Morgan fingerprint density at radius 1 is 1.12 bits per heavy atom. The number of para-hydroxylation sites is 1. The minimum absolute atomic E-state index is 0.171. The minimum Gasteiger partial charge on any atom is -0.496 e. The van der Waals surface area contributed by atoms with Gasteiger partial charge in [-0.15, -0.1) is 0 Å². The second-order valence-corrected chi connectivity index (χ2v) is 8.25. The van der Waals surface area contributed by atoms with Crippen LogP contribution >= 0.6 is 0 Å². The Balaban J connectivity index is 2.29. The molecule has 1 aliphatic heterocycles. The second-order valence-electron chi connectivity index (χ2n) is 8.25. The van der Waals surface area contributed by atoms with Crippen molar-refractivity contribution in [3.05, 3.63) is 29.8 Å². The standard InChI is InChI=1S/C20H31BO5/c1-14(2)13-24-18(22)12-16(15-10-8-9-11-17(15)23-7)21-25-19(3,4)20(5,6)26-21/h8-11,14,16H,12-13H2,1-7H3/t16-/m0/s1. The van der Waals surface area contributed by atoms with Crippen molar-refractivity contribution in [1.82, 2.24) is 0 Å². The van der Waals surface area contributed by atoms with Gasteiger partial charge in [0, 0.05) is 5.82 Å². The first-order valence-corrected chi connectivity index (χ1v) is 9.21. The van der Waals surface area contributed by atoms with Gasteiger partial charge in [0.05, 0.1) is 31.3 Å². The van der Waals surface area contributed by atoms with Crippen molar-refractivity contribution in [3.63, 3.8) is 0 Å². The van der Waals surface area contributed by atoms with E-state index in [1.54, 1.807) is 7.11 Å². The zero-order valence-corrected chi connectivity index (χ0v) is 17.0. The lowest BCUT2D eigenvalue weighted by molar-refractivity contribution is -0.144. The molecule has 0 aliphatic carbocycles. The molecule has 1 atom stereocenters. The lowest BCUT2D eigenvalue weighted by Crippen LogP contribution is -2.41. The summed E-state index contributed by atoms with van der Waals surface area (Å²) in [5.74, 6) is 0.431. The van der Waals surface area contributed by atoms with Gasteiger partial charge in [-0.1, -0.05) is 32.0 Å². The quantitative estimate of drug-likeness (QED) is 0.542.